The summed E-state index contributed by atoms with van der Waals surface area (Å²) in [6, 6.07) is 10.3. The summed E-state index contributed by atoms with van der Waals surface area (Å²) in [5, 5.41) is 3.17. The number of sulfone groups is 1. The molecule has 0 bridgehead atoms. The number of fused-ring (bicyclic) bond motifs is 1. The highest BCUT2D eigenvalue weighted by Crippen LogP contribution is 2.23. The topological polar surface area (TPSA) is 80.5 Å². The van der Waals surface area contributed by atoms with E-state index in [-0.39, 0.29) is 5.56 Å². The summed E-state index contributed by atoms with van der Waals surface area (Å²) in [5.41, 5.74) is 3.36. The molecule has 0 aliphatic carbocycles. The zero-order valence-electron chi connectivity index (χ0n) is 14.3. The molecule has 2 aromatic heterocycles. The van der Waals surface area contributed by atoms with Crippen molar-refractivity contribution in [3.63, 3.8) is 0 Å². The van der Waals surface area contributed by atoms with Gasteiger partial charge in [-0.2, -0.15) is 0 Å². The van der Waals surface area contributed by atoms with E-state index in [0.29, 0.717) is 34.0 Å². The molecule has 0 unspecified atom stereocenters. The van der Waals surface area contributed by atoms with E-state index in [2.05, 4.69) is 10.3 Å². The lowest BCUT2D eigenvalue weighted by atomic mass is 10.2. The molecule has 0 saturated carbocycles. The minimum atomic E-state index is -3.29. The fourth-order valence-corrected chi connectivity index (χ4v) is 3.73. The van der Waals surface area contributed by atoms with E-state index < -0.39 is 9.84 Å². The molecule has 0 amide bonds. The van der Waals surface area contributed by atoms with Crippen molar-refractivity contribution in [3.8, 4) is 0 Å². The van der Waals surface area contributed by atoms with Gasteiger partial charge in [0.15, 0.2) is 9.84 Å². The molecule has 3 aromatic rings. The van der Waals surface area contributed by atoms with Crippen LogP contribution in [0.4, 0.5) is 5.69 Å². The standard InChI is InChI=1S/C18H19N3O3S/c1-12-7-8-17-20-14(9-18(22)21(17)11-12)10-19-15-5-4-6-16(13(15)2)25(3,23)24/h4-9,11,19H,10H2,1-3H3. The molecule has 0 aliphatic heterocycles. The van der Waals surface area contributed by atoms with Crippen molar-refractivity contribution in [1.82, 2.24) is 9.38 Å². The first-order chi connectivity index (χ1) is 11.8. The molecule has 6 nitrogen and oxygen atoms in total. The van der Waals surface area contributed by atoms with Crippen LogP contribution in [0.3, 0.4) is 0 Å². The summed E-state index contributed by atoms with van der Waals surface area (Å²) < 4.78 is 25.1. The monoisotopic (exact) mass is 357 g/mol. The maximum absolute atomic E-state index is 12.2. The van der Waals surface area contributed by atoms with Gasteiger partial charge in [0.1, 0.15) is 5.65 Å². The lowest BCUT2D eigenvalue weighted by Gasteiger charge is -2.12. The Morgan fingerprint density at radius 1 is 1.16 bits per heavy atom. The number of pyridine rings is 1. The Morgan fingerprint density at radius 3 is 2.64 bits per heavy atom. The normalized spacial score (nSPS) is 11.6. The minimum Gasteiger partial charge on any atom is -0.379 e. The van der Waals surface area contributed by atoms with Crippen molar-refractivity contribution in [2.75, 3.05) is 11.6 Å². The van der Waals surface area contributed by atoms with Gasteiger partial charge < -0.3 is 5.32 Å². The lowest BCUT2D eigenvalue weighted by Crippen LogP contribution is -2.17. The van der Waals surface area contributed by atoms with Gasteiger partial charge in [0.05, 0.1) is 17.1 Å². The number of aromatic nitrogens is 2. The molecular formula is C18H19N3O3S. The van der Waals surface area contributed by atoms with Crippen LogP contribution < -0.4 is 10.9 Å². The molecule has 1 aromatic carbocycles. The molecule has 0 fully saturated rings. The molecule has 25 heavy (non-hydrogen) atoms. The number of benzene rings is 1. The average molecular weight is 357 g/mol. The number of nitrogens with zero attached hydrogens (tertiary/aromatic N) is 2. The van der Waals surface area contributed by atoms with Gasteiger partial charge in [-0.1, -0.05) is 12.1 Å². The summed E-state index contributed by atoms with van der Waals surface area (Å²) in [7, 11) is -3.29. The van der Waals surface area contributed by atoms with E-state index in [1.54, 1.807) is 37.4 Å². The highest BCUT2D eigenvalue weighted by atomic mass is 32.2. The summed E-state index contributed by atoms with van der Waals surface area (Å²) in [6.45, 7) is 4.00. The Labute approximate surface area is 146 Å². The van der Waals surface area contributed by atoms with Gasteiger partial charge in [0, 0.05) is 24.2 Å². The highest BCUT2D eigenvalue weighted by Gasteiger charge is 2.13. The highest BCUT2D eigenvalue weighted by molar-refractivity contribution is 7.90. The average Bonchev–Trinajstić information content (AvgIpc) is 2.53. The Morgan fingerprint density at radius 2 is 1.92 bits per heavy atom. The van der Waals surface area contributed by atoms with Crippen molar-refractivity contribution < 1.29 is 8.42 Å². The van der Waals surface area contributed by atoms with Crippen LogP contribution in [0.5, 0.6) is 0 Å². The van der Waals surface area contributed by atoms with Crippen LogP contribution in [0.15, 0.2) is 52.3 Å². The van der Waals surface area contributed by atoms with Gasteiger partial charge in [0.2, 0.25) is 0 Å². The predicted octanol–water partition coefficient (Wildman–Crippen LogP) is 2.33. The third kappa shape index (κ3) is 3.56. The van der Waals surface area contributed by atoms with Crippen LogP contribution in [0.2, 0.25) is 0 Å². The van der Waals surface area contributed by atoms with E-state index in [9.17, 15) is 13.2 Å². The number of rotatable bonds is 4. The van der Waals surface area contributed by atoms with E-state index in [1.165, 1.54) is 16.7 Å². The van der Waals surface area contributed by atoms with Crippen LogP contribution in [0.25, 0.3) is 5.65 Å². The molecule has 2 heterocycles. The van der Waals surface area contributed by atoms with Gasteiger partial charge in [-0.15, -0.1) is 0 Å². The second kappa shape index (κ2) is 6.33. The first-order valence-electron chi connectivity index (χ1n) is 7.78. The van der Waals surface area contributed by atoms with Crippen LogP contribution in [-0.2, 0) is 16.4 Å². The third-order valence-electron chi connectivity index (χ3n) is 4.00. The summed E-state index contributed by atoms with van der Waals surface area (Å²) >= 11 is 0. The predicted molar refractivity (Wildman–Crippen MR) is 97.8 cm³/mol. The molecule has 0 spiro atoms. The largest absolute Gasteiger partial charge is 0.379 e. The number of hydrogen-bond donors (Lipinski definition) is 1. The summed E-state index contributed by atoms with van der Waals surface area (Å²) in [5.74, 6) is 0. The summed E-state index contributed by atoms with van der Waals surface area (Å²) in [4.78, 5) is 17.0. The number of nitrogens with one attached hydrogen (secondary N) is 1. The second-order valence-corrected chi connectivity index (χ2v) is 8.06. The maximum Gasteiger partial charge on any atom is 0.258 e. The zero-order valence-corrected chi connectivity index (χ0v) is 15.1. The molecule has 130 valence electrons. The van der Waals surface area contributed by atoms with Crippen LogP contribution in [-0.4, -0.2) is 24.1 Å². The molecule has 0 saturated heterocycles. The minimum absolute atomic E-state index is 0.146. The number of anilines is 1. The number of aryl methyl sites for hydroxylation is 1. The Hall–Kier alpha value is -2.67. The van der Waals surface area contributed by atoms with Crippen molar-refractivity contribution in [3.05, 3.63) is 69.8 Å². The Kier molecular flexibility index (Phi) is 4.34. The second-order valence-electron chi connectivity index (χ2n) is 6.07. The van der Waals surface area contributed by atoms with Gasteiger partial charge in [-0.25, -0.2) is 13.4 Å². The number of hydrogen-bond acceptors (Lipinski definition) is 5. The first kappa shape index (κ1) is 17.2. The Balaban J connectivity index is 1.91. The summed E-state index contributed by atoms with van der Waals surface area (Å²) in [6.07, 6.45) is 2.94. The van der Waals surface area contributed by atoms with Gasteiger partial charge in [-0.05, 0) is 43.2 Å². The fraction of sp³-hybridized carbons (Fsp3) is 0.222. The van der Waals surface area contributed by atoms with Gasteiger partial charge >= 0.3 is 0 Å². The van der Waals surface area contributed by atoms with E-state index in [0.717, 1.165) is 5.56 Å². The van der Waals surface area contributed by atoms with Crippen molar-refractivity contribution in [2.24, 2.45) is 0 Å². The van der Waals surface area contributed by atoms with E-state index in [4.69, 9.17) is 0 Å². The van der Waals surface area contributed by atoms with Gasteiger partial charge in [0.25, 0.3) is 5.56 Å². The van der Waals surface area contributed by atoms with Crippen LogP contribution >= 0.6 is 0 Å². The first-order valence-corrected chi connectivity index (χ1v) is 9.67. The molecular weight excluding hydrogens is 338 g/mol. The van der Waals surface area contributed by atoms with Gasteiger partial charge in [-0.3, -0.25) is 9.20 Å². The molecule has 1 N–H and O–H groups in total. The van der Waals surface area contributed by atoms with Crippen molar-refractivity contribution in [2.45, 2.75) is 25.3 Å². The smallest absolute Gasteiger partial charge is 0.258 e. The van der Waals surface area contributed by atoms with Crippen LogP contribution in [0, 0.1) is 13.8 Å². The SMILES string of the molecule is Cc1ccc2nc(CNc3cccc(S(C)(=O)=O)c3C)cc(=O)n2c1. The molecule has 3 rings (SSSR count). The van der Waals surface area contributed by atoms with E-state index in [1.807, 2.05) is 13.0 Å². The van der Waals surface area contributed by atoms with E-state index >= 15 is 0 Å². The quantitative estimate of drug-likeness (QED) is 0.775. The van der Waals surface area contributed by atoms with Crippen molar-refractivity contribution >= 4 is 21.2 Å². The molecule has 0 radical (unpaired) electrons. The maximum atomic E-state index is 12.2. The molecule has 0 atom stereocenters. The zero-order chi connectivity index (χ0) is 18.2. The third-order valence-corrected chi connectivity index (χ3v) is 5.25. The lowest BCUT2D eigenvalue weighted by molar-refractivity contribution is 0.601. The molecule has 0 aliphatic rings. The molecule has 7 heteroatoms. The Bertz CT molecular complexity index is 1120. The fourth-order valence-electron chi connectivity index (χ4n) is 2.74. The van der Waals surface area contributed by atoms with Crippen molar-refractivity contribution in [1.29, 1.82) is 0 Å². The van der Waals surface area contributed by atoms with Crippen LogP contribution in [0.1, 0.15) is 16.8 Å².